The van der Waals surface area contributed by atoms with Gasteiger partial charge in [-0.1, -0.05) is 13.8 Å². The summed E-state index contributed by atoms with van der Waals surface area (Å²) in [6, 6.07) is 0. The molecule has 0 amide bonds. The lowest BCUT2D eigenvalue weighted by atomic mass is 10.3. The summed E-state index contributed by atoms with van der Waals surface area (Å²) < 4.78 is 31.4. The summed E-state index contributed by atoms with van der Waals surface area (Å²) in [5, 5.41) is -0.701. The Balaban J connectivity index is 4.77. The van der Waals surface area contributed by atoms with E-state index in [2.05, 4.69) is 0 Å². The summed E-state index contributed by atoms with van der Waals surface area (Å²) >= 11 is 0. The van der Waals surface area contributed by atoms with E-state index in [0.717, 1.165) is 13.0 Å². The third-order valence-electron chi connectivity index (χ3n) is 2.27. The van der Waals surface area contributed by atoms with Gasteiger partial charge >= 0.3 is 10.1 Å². The molecule has 0 aliphatic carbocycles. The molecule has 1 unspecified atom stereocenters. The van der Waals surface area contributed by atoms with Gasteiger partial charge in [-0.15, -0.1) is 0 Å². The van der Waals surface area contributed by atoms with Crippen LogP contribution >= 0.6 is 0 Å². The zero-order valence-corrected chi connectivity index (χ0v) is 9.63. The molecule has 4 nitrogen and oxygen atoms in total. The Labute approximate surface area is 80.9 Å². The molecule has 0 aromatic heterocycles. The van der Waals surface area contributed by atoms with Gasteiger partial charge in [0.15, 0.2) is 0 Å². The normalized spacial score (nSPS) is 15.8. The van der Waals surface area contributed by atoms with Crippen LogP contribution in [0.3, 0.4) is 0 Å². The highest BCUT2D eigenvalue weighted by Crippen LogP contribution is 2.16. The number of hydrogen-bond acceptors (Lipinski definition) is 2. The molecule has 0 aliphatic heterocycles. The van der Waals surface area contributed by atoms with Crippen molar-refractivity contribution in [3.05, 3.63) is 0 Å². The van der Waals surface area contributed by atoms with Gasteiger partial charge < -0.3 is 4.48 Å². The first kappa shape index (κ1) is 12.9. The maximum Gasteiger partial charge on any atom is 0.319 e. The van der Waals surface area contributed by atoms with Crippen molar-refractivity contribution in [1.29, 1.82) is 0 Å². The van der Waals surface area contributed by atoms with Gasteiger partial charge in [-0.25, -0.2) is 0 Å². The lowest BCUT2D eigenvalue weighted by molar-refractivity contribution is -0.901. The first-order chi connectivity index (χ1) is 5.75. The molecular weight excluding hydrogens is 190 g/mol. The Hall–Kier alpha value is -0.130. The Kier molecular flexibility index (Phi) is 4.35. The van der Waals surface area contributed by atoms with Gasteiger partial charge in [0.05, 0.1) is 20.6 Å². The van der Waals surface area contributed by atoms with Crippen LogP contribution in [0.4, 0.5) is 0 Å². The topological polar surface area (TPSA) is 54.4 Å². The number of hydrogen-bond donors (Lipinski definition) is 1. The van der Waals surface area contributed by atoms with Crippen molar-refractivity contribution in [2.75, 3.05) is 20.6 Å². The van der Waals surface area contributed by atoms with E-state index in [-0.39, 0.29) is 0 Å². The van der Waals surface area contributed by atoms with Gasteiger partial charge in [-0.05, 0) is 6.42 Å². The SMILES string of the molecule is CCC[N+](C)(C)C(CC)S(=O)(=O)O. The van der Waals surface area contributed by atoms with Gasteiger partial charge in [0.1, 0.15) is 0 Å². The van der Waals surface area contributed by atoms with E-state index in [0.29, 0.717) is 10.9 Å². The van der Waals surface area contributed by atoms with Crippen molar-refractivity contribution in [2.45, 2.75) is 32.1 Å². The van der Waals surface area contributed by atoms with Crippen molar-refractivity contribution in [2.24, 2.45) is 0 Å². The zero-order valence-electron chi connectivity index (χ0n) is 8.82. The highest BCUT2D eigenvalue weighted by molar-refractivity contribution is 7.86. The first-order valence-electron chi connectivity index (χ1n) is 4.54. The summed E-state index contributed by atoms with van der Waals surface area (Å²) in [5.74, 6) is 0. The highest BCUT2D eigenvalue weighted by atomic mass is 32.2. The van der Waals surface area contributed by atoms with Crippen LogP contribution in [0, 0.1) is 0 Å². The fraction of sp³-hybridized carbons (Fsp3) is 1.00. The van der Waals surface area contributed by atoms with E-state index in [9.17, 15) is 8.42 Å². The minimum atomic E-state index is -3.92. The van der Waals surface area contributed by atoms with Crippen LogP contribution in [0.2, 0.25) is 0 Å². The predicted molar refractivity (Wildman–Crippen MR) is 52.9 cm³/mol. The molecule has 1 atom stereocenters. The average molecular weight is 210 g/mol. The molecule has 0 bridgehead atoms. The summed E-state index contributed by atoms with van der Waals surface area (Å²) in [5.41, 5.74) is 0. The summed E-state index contributed by atoms with van der Waals surface area (Å²) in [6.07, 6.45) is 1.34. The van der Waals surface area contributed by atoms with Gasteiger partial charge in [-0.2, -0.15) is 8.42 Å². The van der Waals surface area contributed by atoms with E-state index >= 15 is 0 Å². The van der Waals surface area contributed by atoms with E-state index in [1.807, 2.05) is 21.0 Å². The van der Waals surface area contributed by atoms with Gasteiger partial charge in [0, 0.05) is 6.42 Å². The van der Waals surface area contributed by atoms with E-state index in [1.54, 1.807) is 6.92 Å². The summed E-state index contributed by atoms with van der Waals surface area (Å²) in [7, 11) is -0.273. The second-order valence-electron chi connectivity index (χ2n) is 3.88. The number of quaternary nitrogens is 1. The standard InChI is InChI=1S/C8H19NO3S/c1-5-7-9(3,4)8(6-2)13(10,11)12/h8H,5-7H2,1-4H3/p+1. The molecular formula is C8H20NO3S+. The van der Waals surface area contributed by atoms with Crippen LogP contribution in [0.1, 0.15) is 26.7 Å². The van der Waals surface area contributed by atoms with Crippen molar-refractivity contribution >= 4 is 10.1 Å². The second-order valence-corrected chi connectivity index (χ2v) is 5.45. The maximum absolute atomic E-state index is 11.0. The molecule has 0 fully saturated rings. The summed E-state index contributed by atoms with van der Waals surface area (Å²) in [4.78, 5) is 0. The monoisotopic (exact) mass is 210 g/mol. The van der Waals surface area contributed by atoms with E-state index in [1.165, 1.54) is 0 Å². The molecule has 0 aromatic rings. The molecule has 0 aromatic carbocycles. The number of nitrogens with zero attached hydrogens (tertiary/aromatic N) is 1. The molecule has 0 radical (unpaired) electrons. The highest BCUT2D eigenvalue weighted by Gasteiger charge is 2.36. The zero-order chi connectivity index (χ0) is 10.7. The lowest BCUT2D eigenvalue weighted by Crippen LogP contribution is -2.52. The number of rotatable bonds is 5. The van der Waals surface area contributed by atoms with Gasteiger partial charge in [0.2, 0.25) is 5.37 Å². The average Bonchev–Trinajstić information content (AvgIpc) is 1.83. The van der Waals surface area contributed by atoms with Gasteiger partial charge in [0.25, 0.3) is 0 Å². The Bertz CT molecular complexity index is 246. The van der Waals surface area contributed by atoms with Crippen LogP contribution in [0.5, 0.6) is 0 Å². The Morgan fingerprint density at radius 1 is 1.31 bits per heavy atom. The van der Waals surface area contributed by atoms with Crippen molar-refractivity contribution in [1.82, 2.24) is 0 Å². The van der Waals surface area contributed by atoms with Crippen molar-refractivity contribution in [3.8, 4) is 0 Å². The minimum Gasteiger partial charge on any atom is -0.312 e. The van der Waals surface area contributed by atoms with Crippen LogP contribution in [-0.4, -0.2) is 43.5 Å². The lowest BCUT2D eigenvalue weighted by Gasteiger charge is -2.35. The molecule has 0 aliphatic rings. The Morgan fingerprint density at radius 2 is 1.77 bits per heavy atom. The third kappa shape index (κ3) is 3.62. The molecule has 0 saturated carbocycles. The van der Waals surface area contributed by atoms with Gasteiger partial charge in [-0.3, -0.25) is 4.55 Å². The summed E-state index contributed by atoms with van der Waals surface area (Å²) in [6.45, 7) is 4.52. The maximum atomic E-state index is 11.0. The molecule has 80 valence electrons. The van der Waals surface area contributed by atoms with Crippen LogP contribution in [0.25, 0.3) is 0 Å². The van der Waals surface area contributed by atoms with Crippen LogP contribution in [-0.2, 0) is 10.1 Å². The molecule has 0 saturated heterocycles. The third-order valence-corrected chi connectivity index (χ3v) is 3.86. The fourth-order valence-corrected chi connectivity index (χ4v) is 3.03. The largest absolute Gasteiger partial charge is 0.319 e. The Morgan fingerprint density at radius 3 is 2.00 bits per heavy atom. The first-order valence-corrected chi connectivity index (χ1v) is 6.05. The van der Waals surface area contributed by atoms with E-state index in [4.69, 9.17) is 4.55 Å². The fourth-order valence-electron chi connectivity index (χ4n) is 1.79. The van der Waals surface area contributed by atoms with Crippen molar-refractivity contribution < 1.29 is 17.5 Å². The van der Waals surface area contributed by atoms with E-state index < -0.39 is 15.5 Å². The minimum absolute atomic E-state index is 0.325. The second kappa shape index (κ2) is 4.39. The van der Waals surface area contributed by atoms with Crippen LogP contribution < -0.4 is 0 Å². The predicted octanol–water partition coefficient (Wildman–Crippen LogP) is 1.10. The quantitative estimate of drug-likeness (QED) is 0.546. The molecule has 0 rings (SSSR count). The molecule has 0 spiro atoms. The van der Waals surface area contributed by atoms with Crippen molar-refractivity contribution in [3.63, 3.8) is 0 Å². The molecule has 5 heteroatoms. The molecule has 1 N–H and O–H groups in total. The smallest absolute Gasteiger partial charge is 0.312 e. The molecule has 0 heterocycles. The molecule has 13 heavy (non-hydrogen) atoms. The van der Waals surface area contributed by atoms with Crippen LogP contribution in [0.15, 0.2) is 0 Å².